The summed E-state index contributed by atoms with van der Waals surface area (Å²) in [6.07, 6.45) is 20.6. The highest BCUT2D eigenvalue weighted by atomic mass is 16.4. The minimum Gasteiger partial charge on any atom is -0.424 e. The minimum atomic E-state index is -1.28. The second-order valence-corrected chi connectivity index (χ2v) is 5.87. The molecule has 0 bridgehead atoms. The van der Waals surface area contributed by atoms with Crippen LogP contribution in [0.25, 0.3) is 0 Å². The summed E-state index contributed by atoms with van der Waals surface area (Å²) in [6, 6.07) is 0. The average Bonchev–Trinajstić information content (AvgIpc) is 2.43. The second-order valence-electron chi connectivity index (χ2n) is 5.87. The van der Waals surface area contributed by atoms with E-state index in [1.54, 1.807) is 0 Å². The molecule has 0 saturated carbocycles. The molecule has 0 aromatic heterocycles. The van der Waals surface area contributed by atoms with Crippen molar-refractivity contribution in [2.45, 2.75) is 96.8 Å². The maximum atomic E-state index is 8.62. The van der Waals surface area contributed by atoms with Crippen LogP contribution >= 0.6 is 0 Å². The highest BCUT2D eigenvalue weighted by Crippen LogP contribution is 2.12. The number of hydrogen-bond acceptors (Lipinski definition) is 2. The number of hydrogen-bond donors (Lipinski definition) is 2. The van der Waals surface area contributed by atoms with Crippen LogP contribution in [0.15, 0.2) is 12.1 Å². The summed E-state index contributed by atoms with van der Waals surface area (Å²) in [5.74, 6) is 1.44. The molecule has 0 amide bonds. The first-order valence-corrected chi connectivity index (χ1v) is 8.80. The Hall–Kier alpha value is -0.275. The van der Waals surface area contributed by atoms with Crippen LogP contribution in [-0.4, -0.2) is 17.2 Å². The number of unbranched alkanes of at least 4 members (excludes halogenated alkanes) is 13. The van der Waals surface area contributed by atoms with E-state index in [1.807, 2.05) is 6.08 Å². The Kier molecular flexibility index (Phi) is 16.5. The molecule has 118 valence electrons. The van der Waals surface area contributed by atoms with Crippen molar-refractivity contribution >= 4 is 7.12 Å². The van der Waals surface area contributed by atoms with Gasteiger partial charge in [0.05, 0.1) is 0 Å². The molecule has 2 nitrogen and oxygen atoms in total. The molecule has 0 fully saturated rings. The van der Waals surface area contributed by atoms with E-state index in [1.165, 1.54) is 89.4 Å². The largest absolute Gasteiger partial charge is 0.480 e. The fourth-order valence-corrected chi connectivity index (χ4v) is 2.50. The molecular formula is C17H35BO2. The van der Waals surface area contributed by atoms with Gasteiger partial charge >= 0.3 is 7.12 Å². The van der Waals surface area contributed by atoms with Crippen molar-refractivity contribution in [1.82, 2.24) is 0 Å². The smallest absolute Gasteiger partial charge is 0.424 e. The zero-order valence-corrected chi connectivity index (χ0v) is 13.5. The zero-order chi connectivity index (χ0) is 14.9. The third kappa shape index (κ3) is 17.7. The molecule has 3 heteroatoms. The number of allylic oxidation sites excluding steroid dienone is 1. The van der Waals surface area contributed by atoms with Gasteiger partial charge in [0.15, 0.2) is 0 Å². The van der Waals surface area contributed by atoms with Gasteiger partial charge in [-0.1, -0.05) is 96.0 Å². The van der Waals surface area contributed by atoms with Crippen molar-refractivity contribution in [3.8, 4) is 0 Å². The Morgan fingerprint density at radius 3 is 1.45 bits per heavy atom. The highest BCUT2D eigenvalue weighted by molar-refractivity contribution is 6.47. The van der Waals surface area contributed by atoms with Gasteiger partial charge in [0.1, 0.15) is 0 Å². The summed E-state index contributed by atoms with van der Waals surface area (Å²) >= 11 is 0. The van der Waals surface area contributed by atoms with Crippen molar-refractivity contribution < 1.29 is 10.0 Å². The lowest BCUT2D eigenvalue weighted by atomic mass is 9.91. The highest BCUT2D eigenvalue weighted by Gasteiger charge is 1.97. The fraction of sp³-hybridized carbons (Fsp3) is 0.882. The lowest BCUT2D eigenvalue weighted by molar-refractivity contribution is 0.424. The van der Waals surface area contributed by atoms with Crippen LogP contribution in [-0.2, 0) is 0 Å². The monoisotopic (exact) mass is 282 g/mol. The van der Waals surface area contributed by atoms with Gasteiger partial charge in [-0.2, -0.15) is 0 Å². The fourth-order valence-electron chi connectivity index (χ4n) is 2.50. The van der Waals surface area contributed by atoms with E-state index in [2.05, 4.69) is 6.92 Å². The van der Waals surface area contributed by atoms with Crippen molar-refractivity contribution in [2.24, 2.45) is 0 Å². The van der Waals surface area contributed by atoms with E-state index >= 15 is 0 Å². The van der Waals surface area contributed by atoms with Gasteiger partial charge in [0.25, 0.3) is 0 Å². The lowest BCUT2D eigenvalue weighted by Gasteiger charge is -2.02. The van der Waals surface area contributed by atoms with Crippen molar-refractivity contribution in [3.63, 3.8) is 0 Å². The van der Waals surface area contributed by atoms with Crippen LogP contribution < -0.4 is 0 Å². The third-order valence-corrected chi connectivity index (χ3v) is 3.78. The Morgan fingerprint density at radius 2 is 1.05 bits per heavy atom. The van der Waals surface area contributed by atoms with Gasteiger partial charge in [-0.3, -0.25) is 0 Å². The first-order chi connectivity index (χ1) is 9.77. The molecule has 0 aromatic rings. The van der Waals surface area contributed by atoms with Crippen LogP contribution in [0, 0.1) is 0 Å². The SMILES string of the molecule is CCCCCCCCCCCCCCC/C=C/B(O)O. The minimum absolute atomic E-state index is 0.968. The van der Waals surface area contributed by atoms with E-state index in [9.17, 15) is 0 Å². The third-order valence-electron chi connectivity index (χ3n) is 3.78. The number of rotatable bonds is 15. The Balaban J connectivity index is 2.99. The summed E-state index contributed by atoms with van der Waals surface area (Å²) in [5.41, 5.74) is 0. The molecule has 0 aliphatic rings. The van der Waals surface area contributed by atoms with E-state index in [-0.39, 0.29) is 0 Å². The first-order valence-electron chi connectivity index (χ1n) is 8.80. The van der Waals surface area contributed by atoms with E-state index in [0.717, 1.165) is 6.42 Å². The normalized spacial score (nSPS) is 11.3. The summed E-state index contributed by atoms with van der Waals surface area (Å²) in [5, 5.41) is 17.2. The van der Waals surface area contributed by atoms with Crippen molar-refractivity contribution in [3.05, 3.63) is 12.1 Å². The first kappa shape index (κ1) is 19.7. The molecule has 0 aromatic carbocycles. The Morgan fingerprint density at radius 1 is 0.650 bits per heavy atom. The van der Waals surface area contributed by atoms with Crippen LogP contribution in [0.3, 0.4) is 0 Å². The maximum Gasteiger partial charge on any atom is 0.480 e. The molecule has 0 aliphatic heterocycles. The van der Waals surface area contributed by atoms with Crippen molar-refractivity contribution in [2.75, 3.05) is 0 Å². The van der Waals surface area contributed by atoms with Crippen LogP contribution in [0.1, 0.15) is 96.8 Å². The summed E-state index contributed by atoms with van der Waals surface area (Å²) in [4.78, 5) is 0. The predicted molar refractivity (Wildman–Crippen MR) is 89.6 cm³/mol. The van der Waals surface area contributed by atoms with Gasteiger partial charge in [0, 0.05) is 0 Å². The molecule has 0 aliphatic carbocycles. The summed E-state index contributed by atoms with van der Waals surface area (Å²) in [6.45, 7) is 2.27. The molecule has 0 rings (SSSR count). The molecule has 0 radical (unpaired) electrons. The van der Waals surface area contributed by atoms with Gasteiger partial charge in [-0.05, 0) is 12.8 Å². The average molecular weight is 282 g/mol. The lowest BCUT2D eigenvalue weighted by Crippen LogP contribution is -2.05. The second kappa shape index (κ2) is 16.8. The molecule has 0 spiro atoms. The molecule has 0 unspecified atom stereocenters. The Bertz CT molecular complexity index is 205. The van der Waals surface area contributed by atoms with E-state index in [0.29, 0.717) is 0 Å². The quantitative estimate of drug-likeness (QED) is 0.326. The van der Waals surface area contributed by atoms with Gasteiger partial charge in [-0.25, -0.2) is 0 Å². The summed E-state index contributed by atoms with van der Waals surface area (Å²) in [7, 11) is -1.28. The molecule has 2 N–H and O–H groups in total. The standard InChI is InChI=1S/C17H35BO2/c1-2-3-4-5-6-7-8-9-10-11-12-13-14-15-16-17-18(19)20/h16-17,19-20H,2-15H2,1H3/b17-16+. The van der Waals surface area contributed by atoms with Gasteiger partial charge in [-0.15, -0.1) is 0 Å². The maximum absolute atomic E-state index is 8.62. The van der Waals surface area contributed by atoms with E-state index < -0.39 is 7.12 Å². The summed E-state index contributed by atoms with van der Waals surface area (Å²) < 4.78 is 0. The van der Waals surface area contributed by atoms with Crippen LogP contribution in [0.5, 0.6) is 0 Å². The molecule has 0 saturated heterocycles. The molecule has 20 heavy (non-hydrogen) atoms. The van der Waals surface area contributed by atoms with Gasteiger partial charge < -0.3 is 10.0 Å². The van der Waals surface area contributed by atoms with Crippen LogP contribution in [0.2, 0.25) is 0 Å². The van der Waals surface area contributed by atoms with Crippen LogP contribution in [0.4, 0.5) is 0 Å². The van der Waals surface area contributed by atoms with Crippen molar-refractivity contribution in [1.29, 1.82) is 0 Å². The topological polar surface area (TPSA) is 40.5 Å². The van der Waals surface area contributed by atoms with Gasteiger partial charge in [0.2, 0.25) is 0 Å². The predicted octanol–water partition coefficient (Wildman–Crippen LogP) is 5.04. The van der Waals surface area contributed by atoms with E-state index in [4.69, 9.17) is 10.0 Å². The molecular weight excluding hydrogens is 247 g/mol. The zero-order valence-electron chi connectivity index (χ0n) is 13.5. The Labute approximate surface area is 126 Å². The molecule has 0 heterocycles. The molecule has 0 atom stereocenters.